The second kappa shape index (κ2) is 13.5. The third-order valence-corrected chi connectivity index (χ3v) is 4.07. The van der Waals surface area contributed by atoms with Crippen LogP contribution in [0.2, 0.25) is 0 Å². The zero-order valence-electron chi connectivity index (χ0n) is 16.0. The van der Waals surface area contributed by atoms with Crippen molar-refractivity contribution < 1.29 is 4.74 Å². The molecule has 1 aromatic heterocycles. The summed E-state index contributed by atoms with van der Waals surface area (Å²) in [6.07, 6.45) is 10.5. The van der Waals surface area contributed by atoms with Crippen molar-refractivity contribution >= 4 is 17.1 Å². The average Bonchev–Trinajstić information content (AvgIpc) is 3.09. The van der Waals surface area contributed by atoms with Crippen LogP contribution >= 0.6 is 11.3 Å². The molecular weight excluding hydrogens is 336 g/mol. The van der Waals surface area contributed by atoms with Gasteiger partial charge in [-0.2, -0.15) is 0 Å². The van der Waals surface area contributed by atoms with Crippen LogP contribution in [0.25, 0.3) is 5.76 Å². The van der Waals surface area contributed by atoms with Gasteiger partial charge < -0.3 is 4.74 Å². The fourth-order valence-corrected chi connectivity index (χ4v) is 2.62. The van der Waals surface area contributed by atoms with Crippen molar-refractivity contribution in [2.24, 2.45) is 0 Å². The Bertz CT molecular complexity index is 754. The van der Waals surface area contributed by atoms with Crippen molar-refractivity contribution in [2.75, 3.05) is 0 Å². The largest absolute Gasteiger partial charge is 0.457 e. The maximum Gasteiger partial charge on any atom is 0.137 e. The van der Waals surface area contributed by atoms with Gasteiger partial charge >= 0.3 is 0 Å². The third kappa shape index (κ3) is 8.92. The molecule has 0 aliphatic rings. The molecular formula is C24H28OS. The summed E-state index contributed by atoms with van der Waals surface area (Å²) in [5.41, 5.74) is 3.15. The van der Waals surface area contributed by atoms with Crippen LogP contribution in [-0.4, -0.2) is 0 Å². The van der Waals surface area contributed by atoms with Gasteiger partial charge in [-0.1, -0.05) is 43.7 Å². The van der Waals surface area contributed by atoms with Gasteiger partial charge in [0.15, 0.2) is 0 Å². The Morgan fingerprint density at radius 3 is 2.19 bits per heavy atom. The van der Waals surface area contributed by atoms with E-state index in [1.165, 1.54) is 5.56 Å². The third-order valence-electron chi connectivity index (χ3n) is 3.02. The predicted octanol–water partition coefficient (Wildman–Crippen LogP) is 7.42. The molecule has 0 saturated carbocycles. The predicted molar refractivity (Wildman–Crippen MR) is 119 cm³/mol. The highest BCUT2D eigenvalue weighted by Crippen LogP contribution is 2.26. The van der Waals surface area contributed by atoms with Crippen LogP contribution in [0, 0.1) is 19.3 Å². The van der Waals surface area contributed by atoms with Gasteiger partial charge in [-0.25, -0.2) is 0 Å². The normalized spacial score (nSPS) is 9.15. The van der Waals surface area contributed by atoms with Crippen LogP contribution < -0.4 is 4.74 Å². The standard InChI is InChI=1S/C15H12OS.C7H12.C2H4/c1-4-13-5-7-14(8-6-13)16-12(3)15-11(2)9-10-17-15;1-4-5-6-7(2)3;1-2/h1,5-10H,3H2,2H3;5-6H,2,4H2,1,3H3;1-2H2/b;6-5+;. The minimum absolute atomic E-state index is 0.672. The number of aryl methyl sites for hydroxylation is 1. The summed E-state index contributed by atoms with van der Waals surface area (Å²) in [7, 11) is 0. The molecule has 2 rings (SSSR count). The first-order valence-corrected chi connectivity index (χ1v) is 9.15. The van der Waals surface area contributed by atoms with Crippen LogP contribution in [0.3, 0.4) is 0 Å². The van der Waals surface area contributed by atoms with E-state index in [9.17, 15) is 0 Å². The summed E-state index contributed by atoms with van der Waals surface area (Å²) in [5, 5.41) is 2.03. The zero-order chi connectivity index (χ0) is 19.9. The summed E-state index contributed by atoms with van der Waals surface area (Å²) >= 11 is 1.63. The monoisotopic (exact) mass is 364 g/mol. The molecule has 0 fully saturated rings. The Labute approximate surface area is 163 Å². The first-order valence-electron chi connectivity index (χ1n) is 8.27. The van der Waals surface area contributed by atoms with Crippen LogP contribution in [0.5, 0.6) is 5.75 Å². The molecule has 26 heavy (non-hydrogen) atoms. The molecule has 2 aromatic rings. The van der Waals surface area contributed by atoms with Gasteiger partial charge in [-0.05, 0) is 61.5 Å². The van der Waals surface area contributed by atoms with Gasteiger partial charge in [-0.15, -0.1) is 30.9 Å². The van der Waals surface area contributed by atoms with Crippen molar-refractivity contribution in [1.82, 2.24) is 0 Å². The number of thiophene rings is 1. The van der Waals surface area contributed by atoms with E-state index < -0.39 is 0 Å². The lowest BCUT2D eigenvalue weighted by Gasteiger charge is -2.08. The lowest BCUT2D eigenvalue weighted by molar-refractivity contribution is 0.518. The van der Waals surface area contributed by atoms with Gasteiger partial charge in [0, 0.05) is 5.56 Å². The highest BCUT2D eigenvalue weighted by Gasteiger charge is 2.06. The molecule has 1 aromatic carbocycles. The number of rotatable bonds is 5. The van der Waals surface area contributed by atoms with E-state index in [1.807, 2.05) is 49.6 Å². The number of benzene rings is 1. The molecule has 1 nitrogen and oxygen atoms in total. The molecule has 0 bridgehead atoms. The number of allylic oxidation sites excluding steroid dienone is 3. The molecule has 136 valence electrons. The molecule has 0 aliphatic heterocycles. The number of hydrogen-bond donors (Lipinski definition) is 0. The molecule has 0 N–H and O–H groups in total. The highest BCUT2D eigenvalue weighted by molar-refractivity contribution is 7.11. The molecule has 0 amide bonds. The van der Waals surface area contributed by atoms with Crippen LogP contribution in [0.15, 0.2) is 79.8 Å². The number of hydrogen-bond acceptors (Lipinski definition) is 2. The Morgan fingerprint density at radius 1 is 1.19 bits per heavy atom. The molecule has 2 heteroatoms. The Kier molecular flexibility index (Phi) is 12.1. The van der Waals surface area contributed by atoms with Gasteiger partial charge in [0.1, 0.15) is 11.5 Å². The van der Waals surface area contributed by atoms with Crippen molar-refractivity contribution in [1.29, 1.82) is 0 Å². The maximum absolute atomic E-state index is 5.69. The Morgan fingerprint density at radius 2 is 1.81 bits per heavy atom. The Hall–Kier alpha value is -2.76. The molecule has 0 unspecified atom stereocenters. The molecule has 0 aliphatic carbocycles. The summed E-state index contributed by atoms with van der Waals surface area (Å²) in [4.78, 5) is 1.08. The maximum atomic E-state index is 5.69. The smallest absolute Gasteiger partial charge is 0.137 e. The first-order chi connectivity index (χ1) is 12.5. The molecule has 0 spiro atoms. The fourth-order valence-electron chi connectivity index (χ4n) is 1.79. The quantitative estimate of drug-likeness (QED) is 0.232. The van der Waals surface area contributed by atoms with E-state index in [-0.39, 0.29) is 0 Å². The minimum Gasteiger partial charge on any atom is -0.457 e. The summed E-state index contributed by atoms with van der Waals surface area (Å²) in [5.74, 6) is 3.99. The van der Waals surface area contributed by atoms with E-state index in [4.69, 9.17) is 11.2 Å². The lowest BCUT2D eigenvalue weighted by atomic mass is 10.2. The van der Waals surface area contributed by atoms with Crippen molar-refractivity contribution in [3.8, 4) is 18.1 Å². The van der Waals surface area contributed by atoms with Crippen molar-refractivity contribution in [3.05, 3.63) is 95.8 Å². The van der Waals surface area contributed by atoms with Crippen molar-refractivity contribution in [2.45, 2.75) is 27.2 Å². The lowest BCUT2D eigenvalue weighted by Crippen LogP contribution is -1.92. The molecule has 1 heterocycles. The summed E-state index contributed by atoms with van der Waals surface area (Å²) < 4.78 is 5.69. The van der Waals surface area contributed by atoms with Gasteiger partial charge in [0.2, 0.25) is 0 Å². The average molecular weight is 365 g/mol. The van der Waals surface area contributed by atoms with E-state index in [0.717, 1.165) is 28.2 Å². The second-order valence-corrected chi connectivity index (χ2v) is 6.20. The highest BCUT2D eigenvalue weighted by atomic mass is 32.1. The topological polar surface area (TPSA) is 9.23 Å². The molecule has 0 saturated heterocycles. The number of terminal acetylenes is 1. The second-order valence-electron chi connectivity index (χ2n) is 5.28. The summed E-state index contributed by atoms with van der Waals surface area (Å²) in [6, 6.07) is 9.45. The van der Waals surface area contributed by atoms with E-state index in [1.54, 1.807) is 11.3 Å². The summed E-state index contributed by atoms with van der Waals surface area (Å²) in [6.45, 7) is 19.8. The van der Waals surface area contributed by atoms with Gasteiger partial charge in [0.05, 0.1) is 4.88 Å². The van der Waals surface area contributed by atoms with E-state index >= 15 is 0 Å². The van der Waals surface area contributed by atoms with Gasteiger partial charge in [-0.3, -0.25) is 0 Å². The molecule has 0 atom stereocenters. The minimum atomic E-state index is 0.672. The molecule has 0 radical (unpaired) electrons. The number of ether oxygens (including phenoxy) is 1. The first kappa shape index (κ1) is 23.2. The van der Waals surface area contributed by atoms with E-state index in [2.05, 4.69) is 51.3 Å². The van der Waals surface area contributed by atoms with Crippen molar-refractivity contribution in [3.63, 3.8) is 0 Å². The van der Waals surface area contributed by atoms with Crippen LogP contribution in [-0.2, 0) is 0 Å². The SMILES string of the molecule is C#Cc1ccc(OC(=C)c2sccc2C)cc1.C=C.C=C(C)/C=C/CC. The van der Waals surface area contributed by atoms with Crippen LogP contribution in [0.4, 0.5) is 0 Å². The van der Waals surface area contributed by atoms with Crippen LogP contribution in [0.1, 0.15) is 36.3 Å². The Balaban J connectivity index is 0.000000589. The van der Waals surface area contributed by atoms with Gasteiger partial charge in [0.25, 0.3) is 0 Å². The zero-order valence-corrected chi connectivity index (χ0v) is 16.9. The van der Waals surface area contributed by atoms with E-state index in [0.29, 0.717) is 5.76 Å². The fraction of sp³-hybridized carbons (Fsp3) is 0.167.